The molecule has 1 aromatic heterocycles. The number of hydrogen-bond donors (Lipinski definition) is 1. The molecule has 2 rings (SSSR count). The Kier molecular flexibility index (Phi) is 4.91. The Labute approximate surface area is 145 Å². The quantitative estimate of drug-likeness (QED) is 0.808. The maximum atomic E-state index is 12.7. The van der Waals surface area contributed by atoms with Crippen molar-refractivity contribution in [1.29, 1.82) is 0 Å². The lowest BCUT2D eigenvalue weighted by Gasteiger charge is -2.20. The van der Waals surface area contributed by atoms with Gasteiger partial charge >= 0.3 is 0 Å². The second-order valence-corrected chi connectivity index (χ2v) is 7.83. The summed E-state index contributed by atoms with van der Waals surface area (Å²) in [6, 6.07) is 2.68. The van der Waals surface area contributed by atoms with Crippen LogP contribution in [-0.2, 0) is 16.4 Å². The van der Waals surface area contributed by atoms with E-state index in [-0.39, 0.29) is 32.6 Å². The second kappa shape index (κ2) is 6.45. The fourth-order valence-corrected chi connectivity index (χ4v) is 3.78. The molecule has 7 nitrogen and oxygen atoms in total. The highest BCUT2D eigenvalue weighted by molar-refractivity contribution is 7.90. The van der Waals surface area contributed by atoms with E-state index in [9.17, 15) is 18.3 Å². The molecule has 0 atom stereocenters. The third-order valence-corrected chi connectivity index (χ3v) is 5.04. The van der Waals surface area contributed by atoms with Crippen molar-refractivity contribution in [2.45, 2.75) is 18.4 Å². The van der Waals surface area contributed by atoms with Gasteiger partial charge in [0, 0.05) is 32.5 Å². The molecule has 1 aromatic carbocycles. The Balaban J connectivity index is 2.66. The van der Waals surface area contributed by atoms with Crippen LogP contribution in [-0.4, -0.2) is 49.4 Å². The van der Waals surface area contributed by atoms with Gasteiger partial charge in [0.2, 0.25) is 11.7 Å². The molecule has 0 aliphatic carbocycles. The Bertz CT molecular complexity index is 904. The Morgan fingerprint density at radius 1 is 1.33 bits per heavy atom. The van der Waals surface area contributed by atoms with Crippen molar-refractivity contribution in [3.8, 4) is 5.88 Å². The van der Waals surface area contributed by atoms with Crippen molar-refractivity contribution in [3.05, 3.63) is 34.5 Å². The van der Waals surface area contributed by atoms with Gasteiger partial charge < -0.3 is 10.0 Å². The zero-order chi connectivity index (χ0) is 18.2. The van der Waals surface area contributed by atoms with Gasteiger partial charge in [-0.25, -0.2) is 13.1 Å². The van der Waals surface area contributed by atoms with Crippen LogP contribution in [0, 0.1) is 0 Å². The number of sulfone groups is 1. The van der Waals surface area contributed by atoms with E-state index in [0.29, 0.717) is 6.54 Å². The van der Waals surface area contributed by atoms with Crippen molar-refractivity contribution in [1.82, 2.24) is 9.78 Å². The molecular formula is C15H18ClN3O4S. The maximum absolute atomic E-state index is 12.7. The maximum Gasteiger partial charge on any atom is 0.220 e. The topological polar surface area (TPSA) is 92.5 Å². The standard InChI is InChI=1S/C15H18ClN3O4S/c1-5-19-15(21)10(8-17-19)14(20)9-6-7-11(24(4,22)23)13(12(9)16)18(2)3/h6-8,21H,5H2,1-4H3. The van der Waals surface area contributed by atoms with Crippen molar-refractivity contribution < 1.29 is 18.3 Å². The van der Waals surface area contributed by atoms with Crippen LogP contribution in [0.15, 0.2) is 23.2 Å². The minimum absolute atomic E-state index is 0.00978. The van der Waals surface area contributed by atoms with Gasteiger partial charge in [-0.15, -0.1) is 0 Å². The van der Waals surface area contributed by atoms with Crippen LogP contribution < -0.4 is 4.90 Å². The Morgan fingerprint density at radius 3 is 2.42 bits per heavy atom. The van der Waals surface area contributed by atoms with Crippen LogP contribution in [0.25, 0.3) is 0 Å². The molecule has 9 heteroatoms. The zero-order valence-corrected chi connectivity index (χ0v) is 15.3. The van der Waals surface area contributed by atoms with Crippen LogP contribution in [0.1, 0.15) is 22.8 Å². The van der Waals surface area contributed by atoms with E-state index in [0.717, 1.165) is 6.26 Å². The second-order valence-electron chi connectivity index (χ2n) is 5.47. The summed E-state index contributed by atoms with van der Waals surface area (Å²) in [5.74, 6) is -0.780. The number of rotatable bonds is 5. The van der Waals surface area contributed by atoms with E-state index < -0.39 is 15.6 Å². The lowest BCUT2D eigenvalue weighted by atomic mass is 10.0. The number of nitrogens with zero attached hydrogens (tertiary/aromatic N) is 3. The molecule has 130 valence electrons. The van der Waals surface area contributed by atoms with Gasteiger partial charge in [-0.1, -0.05) is 11.6 Å². The number of hydrogen-bond acceptors (Lipinski definition) is 6. The molecule has 0 unspecified atom stereocenters. The zero-order valence-electron chi connectivity index (χ0n) is 13.7. The predicted octanol–water partition coefficient (Wildman–Crippen LogP) is 1.96. The van der Waals surface area contributed by atoms with Crippen molar-refractivity contribution in [2.75, 3.05) is 25.3 Å². The fourth-order valence-electron chi connectivity index (χ4n) is 2.35. The van der Waals surface area contributed by atoms with E-state index in [1.807, 2.05) is 0 Å². The molecule has 1 heterocycles. The summed E-state index contributed by atoms with van der Waals surface area (Å²) in [4.78, 5) is 14.2. The van der Waals surface area contributed by atoms with E-state index in [1.165, 1.54) is 27.9 Å². The number of aromatic nitrogens is 2. The molecule has 0 bridgehead atoms. The first-order valence-electron chi connectivity index (χ1n) is 7.08. The molecule has 0 aliphatic heterocycles. The van der Waals surface area contributed by atoms with Gasteiger partial charge in [0.15, 0.2) is 9.84 Å². The summed E-state index contributed by atoms with van der Waals surface area (Å²) >= 11 is 6.32. The fraction of sp³-hybridized carbons (Fsp3) is 0.333. The van der Waals surface area contributed by atoms with Gasteiger partial charge in [0.05, 0.1) is 21.8 Å². The SMILES string of the molecule is CCn1ncc(C(=O)c2ccc(S(C)(=O)=O)c(N(C)C)c2Cl)c1O. The van der Waals surface area contributed by atoms with Crippen LogP contribution in [0.3, 0.4) is 0 Å². The molecule has 0 fully saturated rings. The molecule has 0 aliphatic rings. The molecule has 2 aromatic rings. The Hall–Kier alpha value is -2.06. The molecule has 0 saturated heterocycles. The molecule has 0 saturated carbocycles. The van der Waals surface area contributed by atoms with Gasteiger partial charge in [-0.05, 0) is 19.1 Å². The highest BCUT2D eigenvalue weighted by atomic mass is 35.5. The van der Waals surface area contributed by atoms with Crippen LogP contribution in [0.5, 0.6) is 5.88 Å². The van der Waals surface area contributed by atoms with E-state index in [4.69, 9.17) is 11.6 Å². The third-order valence-electron chi connectivity index (χ3n) is 3.53. The molecule has 24 heavy (non-hydrogen) atoms. The first kappa shape index (κ1) is 18.3. The number of carbonyl (C=O) groups is 1. The normalized spacial score (nSPS) is 11.5. The van der Waals surface area contributed by atoms with E-state index in [2.05, 4.69) is 5.10 Å². The largest absolute Gasteiger partial charge is 0.493 e. The Morgan fingerprint density at radius 2 is 1.96 bits per heavy atom. The van der Waals surface area contributed by atoms with Gasteiger partial charge in [-0.2, -0.15) is 5.10 Å². The lowest BCUT2D eigenvalue weighted by Crippen LogP contribution is -2.16. The predicted molar refractivity (Wildman–Crippen MR) is 91.9 cm³/mol. The summed E-state index contributed by atoms with van der Waals surface area (Å²) in [6.07, 6.45) is 2.33. The van der Waals surface area contributed by atoms with E-state index in [1.54, 1.807) is 21.0 Å². The summed E-state index contributed by atoms with van der Waals surface area (Å²) in [6.45, 7) is 2.18. The lowest BCUT2D eigenvalue weighted by molar-refractivity contribution is 0.103. The molecular weight excluding hydrogens is 354 g/mol. The number of carbonyl (C=O) groups excluding carboxylic acids is 1. The molecule has 0 radical (unpaired) electrons. The van der Waals surface area contributed by atoms with E-state index >= 15 is 0 Å². The molecule has 0 amide bonds. The first-order chi connectivity index (χ1) is 11.1. The number of aryl methyl sites for hydroxylation is 1. The summed E-state index contributed by atoms with van der Waals surface area (Å²) in [5, 5.41) is 14.0. The minimum Gasteiger partial charge on any atom is -0.493 e. The van der Waals surface area contributed by atoms with Crippen LogP contribution in [0.4, 0.5) is 5.69 Å². The molecule has 0 spiro atoms. The number of anilines is 1. The average molecular weight is 372 g/mol. The van der Waals surface area contributed by atoms with Crippen molar-refractivity contribution >= 4 is 32.9 Å². The summed E-state index contributed by atoms with van der Waals surface area (Å²) in [7, 11) is -0.248. The number of ketones is 1. The van der Waals surface area contributed by atoms with Crippen LogP contribution in [0.2, 0.25) is 5.02 Å². The van der Waals surface area contributed by atoms with Gasteiger partial charge in [-0.3, -0.25) is 4.79 Å². The van der Waals surface area contributed by atoms with Crippen molar-refractivity contribution in [2.24, 2.45) is 0 Å². The molecule has 1 N–H and O–H groups in total. The number of halogens is 1. The third kappa shape index (κ3) is 3.11. The number of aromatic hydroxyl groups is 1. The number of benzene rings is 1. The highest BCUT2D eigenvalue weighted by Crippen LogP contribution is 2.36. The van der Waals surface area contributed by atoms with Gasteiger partial charge in [0.25, 0.3) is 0 Å². The van der Waals surface area contributed by atoms with Crippen LogP contribution >= 0.6 is 11.6 Å². The smallest absolute Gasteiger partial charge is 0.220 e. The summed E-state index contributed by atoms with van der Waals surface area (Å²) < 4.78 is 25.1. The highest BCUT2D eigenvalue weighted by Gasteiger charge is 2.26. The first-order valence-corrected chi connectivity index (χ1v) is 9.35. The van der Waals surface area contributed by atoms with Gasteiger partial charge in [0.1, 0.15) is 5.56 Å². The minimum atomic E-state index is -3.52. The average Bonchev–Trinajstić information content (AvgIpc) is 2.85. The monoisotopic (exact) mass is 371 g/mol. The summed E-state index contributed by atoms with van der Waals surface area (Å²) in [5.41, 5.74) is 0.335. The van der Waals surface area contributed by atoms with Crippen molar-refractivity contribution in [3.63, 3.8) is 0 Å².